The van der Waals surface area contributed by atoms with Crippen LogP contribution in [0.5, 0.6) is 0 Å². The largest absolute Gasteiger partial charge is 0.396 e. The van der Waals surface area contributed by atoms with Crippen LogP contribution in [0.25, 0.3) is 0 Å². The van der Waals surface area contributed by atoms with Gasteiger partial charge in [0.15, 0.2) is 0 Å². The molecule has 1 unspecified atom stereocenters. The summed E-state index contributed by atoms with van der Waals surface area (Å²) in [6.07, 6.45) is 2.19. The van der Waals surface area contributed by atoms with Crippen molar-refractivity contribution in [3.63, 3.8) is 0 Å². The Morgan fingerprint density at radius 2 is 2.24 bits per heavy atom. The van der Waals surface area contributed by atoms with Crippen LogP contribution in [-0.2, 0) is 14.8 Å². The lowest BCUT2D eigenvalue weighted by molar-refractivity contribution is 0.0306. The summed E-state index contributed by atoms with van der Waals surface area (Å²) in [6.45, 7) is 0.553. The number of hydrogen-bond acceptors (Lipinski definition) is 5. The van der Waals surface area contributed by atoms with Gasteiger partial charge in [-0.1, -0.05) is 0 Å². The molecule has 6 nitrogen and oxygen atoms in total. The summed E-state index contributed by atoms with van der Waals surface area (Å²) in [5.41, 5.74) is 5.03. The number of benzene rings is 1. The second kappa shape index (κ2) is 6.28. The molecule has 1 fully saturated rings. The number of nitrogens with zero attached hydrogens (tertiary/aromatic N) is 1. The van der Waals surface area contributed by atoms with Gasteiger partial charge in [0.25, 0.3) is 0 Å². The van der Waals surface area contributed by atoms with Gasteiger partial charge < -0.3 is 10.5 Å². The van der Waals surface area contributed by atoms with Gasteiger partial charge in [-0.3, -0.25) is 4.72 Å². The van der Waals surface area contributed by atoms with E-state index in [2.05, 4.69) is 4.72 Å². The number of hydrogen-bond donors (Lipinski definition) is 2. The Morgan fingerprint density at radius 1 is 1.48 bits per heavy atom. The number of nitrogen functional groups attached to an aromatic ring is 1. The molecule has 0 radical (unpaired) electrons. The van der Waals surface area contributed by atoms with E-state index in [0.717, 1.165) is 18.9 Å². The van der Waals surface area contributed by atoms with Crippen LogP contribution in [0, 0.1) is 17.1 Å². The van der Waals surface area contributed by atoms with Crippen LogP contribution in [0.3, 0.4) is 0 Å². The van der Waals surface area contributed by atoms with E-state index >= 15 is 0 Å². The number of halogens is 1. The first-order chi connectivity index (χ1) is 9.93. The standard InChI is InChI=1S/C13H16FN3O3S/c14-11-4-5-12(13(16)10(11)7-15)17-21(18,19)8-9-3-1-2-6-20-9/h4-5,9,17H,1-3,6,8,16H2. The fourth-order valence-corrected chi connectivity index (χ4v) is 3.54. The molecular weight excluding hydrogens is 297 g/mol. The maximum Gasteiger partial charge on any atom is 0.235 e. The molecular formula is C13H16FN3O3S. The summed E-state index contributed by atoms with van der Waals surface area (Å²) in [4.78, 5) is 0. The van der Waals surface area contributed by atoms with Crippen LogP contribution < -0.4 is 10.5 Å². The minimum Gasteiger partial charge on any atom is -0.396 e. The Balaban J connectivity index is 2.15. The predicted molar refractivity (Wildman–Crippen MR) is 76.5 cm³/mol. The monoisotopic (exact) mass is 313 g/mol. The SMILES string of the molecule is N#Cc1c(F)ccc(NS(=O)(=O)CC2CCCCO2)c1N. The minimum absolute atomic E-state index is 0.00348. The lowest BCUT2D eigenvalue weighted by atomic mass is 10.1. The highest BCUT2D eigenvalue weighted by Gasteiger charge is 2.23. The van der Waals surface area contributed by atoms with E-state index in [4.69, 9.17) is 15.7 Å². The molecule has 3 N–H and O–H groups in total. The van der Waals surface area contributed by atoms with Crippen LogP contribution in [-0.4, -0.2) is 26.9 Å². The van der Waals surface area contributed by atoms with Crippen LogP contribution in [0.4, 0.5) is 15.8 Å². The molecule has 1 aliphatic heterocycles. The summed E-state index contributed by atoms with van der Waals surface area (Å²) < 4.78 is 45.2. The van der Waals surface area contributed by atoms with Crippen molar-refractivity contribution in [3.05, 3.63) is 23.5 Å². The summed E-state index contributed by atoms with van der Waals surface area (Å²) in [7, 11) is -3.68. The normalized spacial score (nSPS) is 19.0. The Morgan fingerprint density at radius 3 is 2.86 bits per heavy atom. The van der Waals surface area contributed by atoms with E-state index < -0.39 is 15.8 Å². The Kier molecular flexibility index (Phi) is 4.65. The Labute approximate surface area is 122 Å². The van der Waals surface area contributed by atoms with E-state index in [0.29, 0.717) is 13.0 Å². The maximum absolute atomic E-state index is 13.3. The molecule has 0 spiro atoms. The van der Waals surface area contributed by atoms with Crippen LogP contribution in [0.1, 0.15) is 24.8 Å². The van der Waals surface area contributed by atoms with E-state index in [-0.39, 0.29) is 28.8 Å². The smallest absolute Gasteiger partial charge is 0.235 e. The molecule has 114 valence electrons. The highest BCUT2D eigenvalue weighted by molar-refractivity contribution is 7.92. The quantitative estimate of drug-likeness (QED) is 0.821. The number of sulfonamides is 1. The van der Waals surface area contributed by atoms with Crippen molar-refractivity contribution in [1.29, 1.82) is 5.26 Å². The summed E-state index contributed by atoms with van der Waals surface area (Å²) >= 11 is 0. The molecule has 0 bridgehead atoms. The molecule has 1 aliphatic rings. The Bertz CT molecular complexity index is 664. The number of nitriles is 1. The second-order valence-corrected chi connectivity index (χ2v) is 6.63. The topological polar surface area (TPSA) is 105 Å². The summed E-state index contributed by atoms with van der Waals surface area (Å²) in [6, 6.07) is 3.81. The third kappa shape index (κ3) is 3.83. The van der Waals surface area contributed by atoms with Crippen molar-refractivity contribution in [2.45, 2.75) is 25.4 Å². The molecule has 0 aliphatic carbocycles. The first kappa shape index (κ1) is 15.5. The van der Waals surface area contributed by atoms with Gasteiger partial charge >= 0.3 is 0 Å². The molecule has 0 aromatic heterocycles. The molecule has 2 rings (SSSR count). The highest BCUT2D eigenvalue weighted by atomic mass is 32.2. The van der Waals surface area contributed by atoms with Gasteiger partial charge in [0.1, 0.15) is 17.4 Å². The molecule has 21 heavy (non-hydrogen) atoms. The zero-order chi connectivity index (χ0) is 15.5. The number of ether oxygens (including phenoxy) is 1. The lowest BCUT2D eigenvalue weighted by Crippen LogP contribution is -2.31. The van der Waals surface area contributed by atoms with Crippen molar-refractivity contribution < 1.29 is 17.5 Å². The molecule has 1 aromatic carbocycles. The van der Waals surface area contributed by atoms with Gasteiger partial charge in [0.05, 0.1) is 23.2 Å². The maximum atomic E-state index is 13.3. The van der Waals surface area contributed by atoms with Crippen molar-refractivity contribution in [3.8, 4) is 6.07 Å². The number of nitrogens with two attached hydrogens (primary N) is 1. The fourth-order valence-electron chi connectivity index (χ4n) is 2.19. The third-order valence-electron chi connectivity index (χ3n) is 3.25. The zero-order valence-electron chi connectivity index (χ0n) is 11.3. The van der Waals surface area contributed by atoms with Crippen LogP contribution >= 0.6 is 0 Å². The first-order valence-corrected chi connectivity index (χ1v) is 8.18. The van der Waals surface area contributed by atoms with Gasteiger partial charge in [-0.05, 0) is 31.4 Å². The fraction of sp³-hybridized carbons (Fsp3) is 0.462. The highest BCUT2D eigenvalue weighted by Crippen LogP contribution is 2.26. The van der Waals surface area contributed by atoms with Gasteiger partial charge in [-0.15, -0.1) is 0 Å². The molecule has 1 aromatic rings. The van der Waals surface area contributed by atoms with Crippen molar-refractivity contribution in [2.24, 2.45) is 0 Å². The molecule has 0 saturated carbocycles. The first-order valence-electron chi connectivity index (χ1n) is 6.53. The van der Waals surface area contributed by atoms with Crippen LogP contribution in [0.15, 0.2) is 12.1 Å². The molecule has 1 saturated heterocycles. The zero-order valence-corrected chi connectivity index (χ0v) is 12.1. The lowest BCUT2D eigenvalue weighted by Gasteiger charge is -2.22. The van der Waals surface area contributed by atoms with Crippen LogP contribution in [0.2, 0.25) is 0 Å². The third-order valence-corrected chi connectivity index (χ3v) is 4.59. The second-order valence-electron chi connectivity index (χ2n) is 4.87. The molecule has 8 heteroatoms. The summed E-state index contributed by atoms with van der Waals surface area (Å²) in [5, 5.41) is 8.82. The van der Waals surface area contributed by atoms with Gasteiger partial charge in [-0.25, -0.2) is 12.8 Å². The predicted octanol–water partition coefficient (Wildman–Crippen LogP) is 1.59. The van der Waals surface area contributed by atoms with Gasteiger partial charge in [-0.2, -0.15) is 5.26 Å². The van der Waals surface area contributed by atoms with Gasteiger partial charge in [0.2, 0.25) is 10.0 Å². The Hall–Kier alpha value is -1.85. The number of rotatable bonds is 4. The van der Waals surface area contributed by atoms with Crippen molar-refractivity contribution in [1.82, 2.24) is 0 Å². The van der Waals surface area contributed by atoms with E-state index in [1.807, 2.05) is 0 Å². The van der Waals surface area contributed by atoms with E-state index in [1.54, 1.807) is 6.07 Å². The average Bonchev–Trinajstić information content (AvgIpc) is 2.43. The summed E-state index contributed by atoms with van der Waals surface area (Å²) in [5.74, 6) is -0.973. The van der Waals surface area contributed by atoms with Crippen molar-refractivity contribution in [2.75, 3.05) is 22.8 Å². The minimum atomic E-state index is -3.68. The molecule has 1 atom stereocenters. The molecule has 0 amide bonds. The molecule has 1 heterocycles. The number of anilines is 2. The average molecular weight is 313 g/mol. The van der Waals surface area contributed by atoms with Gasteiger partial charge in [0, 0.05) is 6.61 Å². The van der Waals surface area contributed by atoms with E-state index in [1.165, 1.54) is 6.07 Å². The number of nitrogens with one attached hydrogen (secondary N) is 1. The van der Waals surface area contributed by atoms with E-state index in [9.17, 15) is 12.8 Å². The van der Waals surface area contributed by atoms with Crippen molar-refractivity contribution >= 4 is 21.4 Å².